The highest BCUT2D eigenvalue weighted by Gasteiger charge is 2.48. The average molecular weight is 337 g/mol. The van der Waals surface area contributed by atoms with Crippen molar-refractivity contribution in [3.8, 4) is 5.75 Å². The van der Waals surface area contributed by atoms with E-state index in [-0.39, 0.29) is 6.10 Å². The smallest absolute Gasteiger partial charge is 0.172 e. The van der Waals surface area contributed by atoms with Gasteiger partial charge in [0.25, 0.3) is 0 Å². The molecule has 3 aliphatic rings. The first kappa shape index (κ1) is 12.9. The standard InChI is InChI=1S/C16H17BrO3/c1-10-12-4-5-16(18-6-7-19-16)9-15(12)20-14-3-2-11(17)8-13(10)14/h2-3,8,12,15H,1,4-7,9H2/t12-,15+/m1/s1. The van der Waals surface area contributed by atoms with Crippen LogP contribution in [0.4, 0.5) is 0 Å². The van der Waals surface area contributed by atoms with Gasteiger partial charge in [-0.2, -0.15) is 0 Å². The van der Waals surface area contributed by atoms with Crippen LogP contribution in [0.15, 0.2) is 29.3 Å². The van der Waals surface area contributed by atoms with Gasteiger partial charge in [0.2, 0.25) is 0 Å². The second kappa shape index (κ2) is 4.58. The molecule has 3 nitrogen and oxygen atoms in total. The Hall–Kier alpha value is -0.840. The monoisotopic (exact) mass is 336 g/mol. The van der Waals surface area contributed by atoms with Crippen LogP contribution in [0.5, 0.6) is 5.75 Å². The van der Waals surface area contributed by atoms with Crippen molar-refractivity contribution in [2.75, 3.05) is 13.2 Å². The summed E-state index contributed by atoms with van der Waals surface area (Å²) in [4.78, 5) is 0. The van der Waals surface area contributed by atoms with E-state index in [0.29, 0.717) is 19.1 Å². The molecule has 0 bridgehead atoms. The van der Waals surface area contributed by atoms with Gasteiger partial charge in [0.15, 0.2) is 5.79 Å². The van der Waals surface area contributed by atoms with E-state index in [4.69, 9.17) is 14.2 Å². The molecule has 20 heavy (non-hydrogen) atoms. The maximum absolute atomic E-state index is 6.21. The van der Waals surface area contributed by atoms with E-state index < -0.39 is 5.79 Å². The molecule has 1 aromatic rings. The van der Waals surface area contributed by atoms with Gasteiger partial charge in [0.1, 0.15) is 11.9 Å². The summed E-state index contributed by atoms with van der Waals surface area (Å²) in [5.41, 5.74) is 2.32. The van der Waals surface area contributed by atoms with Crippen LogP contribution >= 0.6 is 15.9 Å². The average Bonchev–Trinajstić information content (AvgIpc) is 2.88. The van der Waals surface area contributed by atoms with Crippen LogP contribution in [0.2, 0.25) is 0 Å². The summed E-state index contributed by atoms with van der Waals surface area (Å²) < 4.78 is 18.9. The predicted molar refractivity (Wildman–Crippen MR) is 79.6 cm³/mol. The maximum atomic E-state index is 6.21. The Balaban J connectivity index is 1.66. The summed E-state index contributed by atoms with van der Waals surface area (Å²) in [6, 6.07) is 6.12. The molecule has 2 aliphatic heterocycles. The molecule has 1 aliphatic carbocycles. The Morgan fingerprint density at radius 2 is 2.05 bits per heavy atom. The van der Waals surface area contributed by atoms with Crippen molar-refractivity contribution in [1.82, 2.24) is 0 Å². The van der Waals surface area contributed by atoms with Gasteiger partial charge in [-0.25, -0.2) is 0 Å². The Bertz CT molecular complexity index is 563. The minimum absolute atomic E-state index is 0.114. The molecule has 1 spiro atoms. The summed E-state index contributed by atoms with van der Waals surface area (Å²) in [6.07, 6.45) is 2.85. The molecule has 2 heterocycles. The first-order valence-electron chi connectivity index (χ1n) is 7.10. The molecular formula is C16H17BrO3. The summed E-state index contributed by atoms with van der Waals surface area (Å²) >= 11 is 3.52. The lowest BCUT2D eigenvalue weighted by atomic mass is 9.75. The second-order valence-electron chi connectivity index (χ2n) is 5.78. The van der Waals surface area contributed by atoms with Gasteiger partial charge >= 0.3 is 0 Å². The molecule has 4 rings (SSSR count). The van der Waals surface area contributed by atoms with Crippen LogP contribution in [0, 0.1) is 5.92 Å². The van der Waals surface area contributed by atoms with Gasteiger partial charge < -0.3 is 14.2 Å². The Kier molecular flexibility index (Phi) is 2.95. The van der Waals surface area contributed by atoms with Gasteiger partial charge in [-0.1, -0.05) is 22.5 Å². The SMILES string of the molecule is C=C1c2cc(Br)ccc2O[C@H]2CC3(CC[C@H]12)OCCO3. The van der Waals surface area contributed by atoms with E-state index in [2.05, 4.69) is 28.6 Å². The summed E-state index contributed by atoms with van der Waals surface area (Å²) in [5, 5.41) is 0. The van der Waals surface area contributed by atoms with Gasteiger partial charge in [0, 0.05) is 28.8 Å². The maximum Gasteiger partial charge on any atom is 0.172 e. The van der Waals surface area contributed by atoms with E-state index in [1.807, 2.05) is 12.1 Å². The molecule has 0 aromatic heterocycles. The largest absolute Gasteiger partial charge is 0.489 e. The van der Waals surface area contributed by atoms with Gasteiger partial charge in [-0.3, -0.25) is 0 Å². The van der Waals surface area contributed by atoms with Gasteiger partial charge in [-0.15, -0.1) is 0 Å². The molecule has 1 aromatic carbocycles. The molecule has 4 heteroatoms. The van der Waals surface area contributed by atoms with Gasteiger partial charge in [0.05, 0.1) is 13.2 Å². The van der Waals surface area contributed by atoms with Crippen LogP contribution in [-0.4, -0.2) is 25.1 Å². The highest BCUT2D eigenvalue weighted by molar-refractivity contribution is 9.10. The minimum atomic E-state index is -0.408. The molecule has 1 saturated carbocycles. The number of hydrogen-bond acceptors (Lipinski definition) is 3. The Labute approximate surface area is 127 Å². The zero-order chi connectivity index (χ0) is 13.7. The molecule has 106 valence electrons. The quantitative estimate of drug-likeness (QED) is 0.721. The third-order valence-electron chi connectivity index (χ3n) is 4.62. The number of rotatable bonds is 0. The van der Waals surface area contributed by atoms with Crippen LogP contribution < -0.4 is 4.74 Å². The Morgan fingerprint density at radius 1 is 1.25 bits per heavy atom. The normalized spacial score (nSPS) is 30.8. The molecule has 0 unspecified atom stereocenters. The summed E-state index contributed by atoms with van der Waals surface area (Å²) in [5.74, 6) is 0.888. The van der Waals surface area contributed by atoms with Crippen LogP contribution in [0.3, 0.4) is 0 Å². The predicted octanol–water partition coefficient (Wildman–Crippen LogP) is 3.77. The lowest BCUT2D eigenvalue weighted by Gasteiger charge is -2.44. The van der Waals surface area contributed by atoms with Crippen molar-refractivity contribution in [2.24, 2.45) is 5.92 Å². The zero-order valence-corrected chi connectivity index (χ0v) is 12.8. The molecule has 2 fully saturated rings. The molecule has 2 atom stereocenters. The zero-order valence-electron chi connectivity index (χ0n) is 11.2. The van der Waals surface area contributed by atoms with E-state index in [1.165, 1.54) is 5.57 Å². The minimum Gasteiger partial charge on any atom is -0.489 e. The molecule has 0 N–H and O–H groups in total. The van der Waals surface area contributed by atoms with Crippen molar-refractivity contribution in [3.05, 3.63) is 34.8 Å². The fraction of sp³-hybridized carbons (Fsp3) is 0.500. The number of fused-ring (bicyclic) bond motifs is 2. The molecule has 0 amide bonds. The number of ether oxygens (including phenoxy) is 3. The fourth-order valence-corrected chi connectivity index (χ4v) is 3.97. The van der Waals surface area contributed by atoms with E-state index in [0.717, 1.165) is 35.0 Å². The third kappa shape index (κ3) is 1.93. The Morgan fingerprint density at radius 3 is 2.85 bits per heavy atom. The van der Waals surface area contributed by atoms with Crippen LogP contribution in [0.1, 0.15) is 24.8 Å². The van der Waals surface area contributed by atoms with E-state index in [9.17, 15) is 0 Å². The molecule has 0 radical (unpaired) electrons. The number of halogens is 1. The van der Waals surface area contributed by atoms with Gasteiger partial charge in [-0.05, 0) is 30.2 Å². The number of hydrogen-bond donors (Lipinski definition) is 0. The van der Waals surface area contributed by atoms with Crippen molar-refractivity contribution in [3.63, 3.8) is 0 Å². The summed E-state index contributed by atoms with van der Waals surface area (Å²) in [6.45, 7) is 5.71. The van der Waals surface area contributed by atoms with Crippen LogP contribution in [-0.2, 0) is 9.47 Å². The van der Waals surface area contributed by atoms with Crippen molar-refractivity contribution < 1.29 is 14.2 Å². The van der Waals surface area contributed by atoms with E-state index >= 15 is 0 Å². The summed E-state index contributed by atoms with van der Waals surface area (Å²) in [7, 11) is 0. The topological polar surface area (TPSA) is 27.7 Å². The van der Waals surface area contributed by atoms with Crippen molar-refractivity contribution >= 4 is 21.5 Å². The first-order chi connectivity index (χ1) is 9.67. The number of benzene rings is 1. The highest BCUT2D eigenvalue weighted by Crippen LogP contribution is 2.49. The third-order valence-corrected chi connectivity index (χ3v) is 5.12. The first-order valence-corrected chi connectivity index (χ1v) is 7.89. The van der Waals surface area contributed by atoms with E-state index in [1.54, 1.807) is 0 Å². The lowest BCUT2D eigenvalue weighted by molar-refractivity contribution is -0.198. The lowest BCUT2D eigenvalue weighted by Crippen LogP contribution is -2.47. The van der Waals surface area contributed by atoms with Crippen LogP contribution in [0.25, 0.3) is 5.57 Å². The molecule has 1 saturated heterocycles. The van der Waals surface area contributed by atoms with Crippen molar-refractivity contribution in [1.29, 1.82) is 0 Å². The second-order valence-corrected chi connectivity index (χ2v) is 6.69. The molecular weight excluding hydrogens is 320 g/mol. The van der Waals surface area contributed by atoms with Crippen molar-refractivity contribution in [2.45, 2.75) is 31.2 Å². The highest BCUT2D eigenvalue weighted by atomic mass is 79.9. The fourth-order valence-electron chi connectivity index (χ4n) is 3.61.